The average Bonchev–Trinajstić information content (AvgIpc) is 2.24. The lowest BCUT2D eigenvalue weighted by Crippen LogP contribution is -2.48. The maximum Gasteiger partial charge on any atom is 0.128 e. The van der Waals surface area contributed by atoms with Gasteiger partial charge in [0, 0.05) is 42.3 Å². The molecule has 1 aromatic rings. The molecule has 88 valence electrons. The molecule has 1 aliphatic rings. The molecule has 0 unspecified atom stereocenters. The van der Waals surface area contributed by atoms with Crippen LogP contribution in [0.3, 0.4) is 0 Å². The van der Waals surface area contributed by atoms with Crippen molar-refractivity contribution in [2.24, 2.45) is 0 Å². The Balaban J connectivity index is 2.08. The minimum Gasteiger partial charge on any atom is -0.312 e. The minimum absolute atomic E-state index is 0.124. The zero-order chi connectivity index (χ0) is 11.5. The summed E-state index contributed by atoms with van der Waals surface area (Å²) in [4.78, 5) is 2.28. The number of rotatable bonds is 2. The van der Waals surface area contributed by atoms with Crippen LogP contribution >= 0.6 is 15.9 Å². The van der Waals surface area contributed by atoms with Crippen LogP contribution in [-0.2, 0) is 6.54 Å². The van der Waals surface area contributed by atoms with Gasteiger partial charge in [-0.15, -0.1) is 0 Å². The van der Waals surface area contributed by atoms with Crippen LogP contribution in [0.15, 0.2) is 22.7 Å². The van der Waals surface area contributed by atoms with E-state index >= 15 is 0 Å². The van der Waals surface area contributed by atoms with Crippen LogP contribution in [-0.4, -0.2) is 30.6 Å². The van der Waals surface area contributed by atoms with Gasteiger partial charge in [-0.2, -0.15) is 0 Å². The highest BCUT2D eigenvalue weighted by molar-refractivity contribution is 9.10. The Morgan fingerprint density at radius 1 is 1.56 bits per heavy atom. The summed E-state index contributed by atoms with van der Waals surface area (Å²) in [5, 5.41) is 3.38. The topological polar surface area (TPSA) is 15.3 Å². The van der Waals surface area contributed by atoms with Crippen molar-refractivity contribution >= 4 is 15.9 Å². The van der Waals surface area contributed by atoms with E-state index in [-0.39, 0.29) is 5.82 Å². The Morgan fingerprint density at radius 2 is 2.38 bits per heavy atom. The average molecular weight is 287 g/mol. The van der Waals surface area contributed by atoms with Crippen LogP contribution in [0.25, 0.3) is 0 Å². The van der Waals surface area contributed by atoms with Crippen molar-refractivity contribution in [2.45, 2.75) is 19.5 Å². The summed E-state index contributed by atoms with van der Waals surface area (Å²) in [6.45, 7) is 5.76. The number of hydrogen-bond donors (Lipinski definition) is 1. The molecule has 0 bridgehead atoms. The zero-order valence-corrected chi connectivity index (χ0v) is 10.9. The first-order valence-corrected chi connectivity index (χ1v) is 6.35. The first kappa shape index (κ1) is 12.0. The summed E-state index contributed by atoms with van der Waals surface area (Å²) in [5.74, 6) is -0.124. The number of nitrogens with zero attached hydrogens (tertiary/aromatic N) is 1. The van der Waals surface area contributed by atoms with Gasteiger partial charge in [-0.25, -0.2) is 4.39 Å². The summed E-state index contributed by atoms with van der Waals surface area (Å²) in [7, 11) is 0. The van der Waals surface area contributed by atoms with Crippen molar-refractivity contribution in [3.63, 3.8) is 0 Å². The zero-order valence-electron chi connectivity index (χ0n) is 9.34. The number of hydrogen-bond acceptors (Lipinski definition) is 2. The monoisotopic (exact) mass is 286 g/mol. The molecule has 1 N–H and O–H groups in total. The number of piperazine rings is 1. The van der Waals surface area contributed by atoms with Crippen molar-refractivity contribution in [3.05, 3.63) is 34.1 Å². The molecule has 1 fully saturated rings. The summed E-state index contributed by atoms with van der Waals surface area (Å²) in [6, 6.07) is 5.62. The summed E-state index contributed by atoms with van der Waals surface area (Å²) >= 11 is 3.41. The minimum atomic E-state index is -0.124. The quantitative estimate of drug-likeness (QED) is 0.898. The van der Waals surface area contributed by atoms with Crippen LogP contribution in [0.4, 0.5) is 4.39 Å². The molecule has 1 aliphatic heterocycles. The molecule has 2 nitrogen and oxygen atoms in total. The fourth-order valence-corrected chi connectivity index (χ4v) is 2.53. The second-order valence-corrected chi connectivity index (χ2v) is 5.14. The van der Waals surface area contributed by atoms with E-state index in [0.29, 0.717) is 12.6 Å². The molecule has 1 heterocycles. The van der Waals surface area contributed by atoms with E-state index in [2.05, 4.69) is 33.1 Å². The Hall–Kier alpha value is -0.450. The van der Waals surface area contributed by atoms with Gasteiger partial charge in [0.2, 0.25) is 0 Å². The second-order valence-electron chi connectivity index (χ2n) is 4.29. The maximum absolute atomic E-state index is 13.6. The second kappa shape index (κ2) is 5.25. The fraction of sp³-hybridized carbons (Fsp3) is 0.500. The van der Waals surface area contributed by atoms with Gasteiger partial charge in [0.1, 0.15) is 5.82 Å². The molecule has 1 atom stereocenters. The molecule has 0 aliphatic carbocycles. The molecule has 1 saturated heterocycles. The molecule has 16 heavy (non-hydrogen) atoms. The van der Waals surface area contributed by atoms with Gasteiger partial charge in [-0.05, 0) is 19.1 Å². The van der Waals surface area contributed by atoms with Gasteiger partial charge in [-0.1, -0.05) is 22.0 Å². The molecule has 2 rings (SSSR count). The maximum atomic E-state index is 13.6. The van der Waals surface area contributed by atoms with E-state index in [4.69, 9.17) is 0 Å². The van der Waals surface area contributed by atoms with Crippen molar-refractivity contribution in [3.8, 4) is 0 Å². The normalized spacial score (nSPS) is 22.3. The molecule has 0 amide bonds. The molecule has 0 spiro atoms. The van der Waals surface area contributed by atoms with Crippen LogP contribution in [0.1, 0.15) is 12.5 Å². The van der Waals surface area contributed by atoms with Gasteiger partial charge < -0.3 is 5.32 Å². The van der Waals surface area contributed by atoms with Crippen molar-refractivity contribution in [1.82, 2.24) is 10.2 Å². The molecular formula is C12H16BrFN2. The molecule has 0 saturated carbocycles. The lowest BCUT2D eigenvalue weighted by atomic mass is 10.1. The number of benzene rings is 1. The van der Waals surface area contributed by atoms with E-state index in [0.717, 1.165) is 29.7 Å². The standard InChI is InChI=1S/C12H16BrFN2/c1-9-7-16(6-5-15-9)8-10-11(13)3-2-4-12(10)14/h2-4,9,15H,5-8H2,1H3/t9-/m1/s1. The summed E-state index contributed by atoms with van der Waals surface area (Å²) < 4.78 is 14.5. The highest BCUT2D eigenvalue weighted by atomic mass is 79.9. The fourth-order valence-electron chi connectivity index (χ4n) is 2.06. The van der Waals surface area contributed by atoms with Crippen molar-refractivity contribution < 1.29 is 4.39 Å². The summed E-state index contributed by atoms with van der Waals surface area (Å²) in [6.07, 6.45) is 0. The SMILES string of the molecule is C[C@@H]1CN(Cc2c(F)cccc2Br)CCN1. The van der Waals surface area contributed by atoms with E-state index in [9.17, 15) is 4.39 Å². The Bertz CT molecular complexity index is 350. The van der Waals surface area contributed by atoms with Crippen molar-refractivity contribution in [1.29, 1.82) is 0 Å². The van der Waals surface area contributed by atoms with Crippen LogP contribution in [0, 0.1) is 5.82 Å². The Labute approximate surface area is 104 Å². The molecule has 0 radical (unpaired) electrons. The van der Waals surface area contributed by atoms with Gasteiger partial charge in [-0.3, -0.25) is 4.90 Å². The third-order valence-corrected chi connectivity index (χ3v) is 3.64. The molecule has 1 aromatic carbocycles. The Kier molecular flexibility index (Phi) is 3.95. The Morgan fingerprint density at radius 3 is 3.06 bits per heavy atom. The van der Waals surface area contributed by atoms with Crippen molar-refractivity contribution in [2.75, 3.05) is 19.6 Å². The first-order valence-electron chi connectivity index (χ1n) is 5.55. The van der Waals surface area contributed by atoms with Gasteiger partial charge in [0.05, 0.1) is 0 Å². The first-order chi connectivity index (χ1) is 7.66. The molecule has 4 heteroatoms. The lowest BCUT2D eigenvalue weighted by Gasteiger charge is -2.32. The number of nitrogens with one attached hydrogen (secondary N) is 1. The predicted molar refractivity (Wildman–Crippen MR) is 66.8 cm³/mol. The molecular weight excluding hydrogens is 271 g/mol. The van der Waals surface area contributed by atoms with E-state index in [1.807, 2.05) is 6.07 Å². The van der Waals surface area contributed by atoms with Gasteiger partial charge >= 0.3 is 0 Å². The van der Waals surface area contributed by atoms with Crippen LogP contribution < -0.4 is 5.32 Å². The summed E-state index contributed by atoms with van der Waals surface area (Å²) in [5.41, 5.74) is 0.761. The molecule has 0 aromatic heterocycles. The number of halogens is 2. The highest BCUT2D eigenvalue weighted by Gasteiger charge is 2.17. The highest BCUT2D eigenvalue weighted by Crippen LogP contribution is 2.21. The van der Waals surface area contributed by atoms with E-state index in [1.165, 1.54) is 6.07 Å². The third kappa shape index (κ3) is 2.81. The largest absolute Gasteiger partial charge is 0.312 e. The van der Waals surface area contributed by atoms with E-state index in [1.54, 1.807) is 6.07 Å². The third-order valence-electron chi connectivity index (χ3n) is 2.90. The van der Waals surface area contributed by atoms with E-state index < -0.39 is 0 Å². The van der Waals surface area contributed by atoms with Crippen LogP contribution in [0.2, 0.25) is 0 Å². The smallest absolute Gasteiger partial charge is 0.128 e. The van der Waals surface area contributed by atoms with Crippen LogP contribution in [0.5, 0.6) is 0 Å². The lowest BCUT2D eigenvalue weighted by molar-refractivity contribution is 0.197. The van der Waals surface area contributed by atoms with Gasteiger partial charge in [0.25, 0.3) is 0 Å². The predicted octanol–water partition coefficient (Wildman–Crippen LogP) is 2.38. The van der Waals surface area contributed by atoms with Gasteiger partial charge in [0.15, 0.2) is 0 Å².